The normalized spacial score (nSPS) is 19.9. The number of imide groups is 1. The van der Waals surface area contributed by atoms with E-state index in [1.165, 1.54) is 0 Å². The monoisotopic (exact) mass is 313 g/mol. The first kappa shape index (κ1) is 13.7. The average molecular weight is 313 g/mol. The van der Waals surface area contributed by atoms with E-state index in [-0.39, 0.29) is 11.8 Å². The topological polar surface area (TPSA) is 95.8 Å². The quantitative estimate of drug-likeness (QED) is 0.733. The van der Waals surface area contributed by atoms with Gasteiger partial charge in [0.15, 0.2) is 0 Å². The Labute approximate surface area is 131 Å². The molecule has 2 saturated heterocycles. The Kier molecular flexibility index (Phi) is 2.87. The Morgan fingerprint density at radius 3 is 2.70 bits per heavy atom. The highest BCUT2D eigenvalue weighted by Gasteiger charge is 2.48. The molecular weight excluding hydrogens is 298 g/mol. The van der Waals surface area contributed by atoms with Gasteiger partial charge < -0.3 is 10.2 Å². The number of amides is 4. The summed E-state index contributed by atoms with van der Waals surface area (Å²) in [7, 11) is 0. The second kappa shape index (κ2) is 4.80. The molecule has 2 aliphatic heterocycles. The second-order valence-electron chi connectivity index (χ2n) is 5.87. The van der Waals surface area contributed by atoms with Gasteiger partial charge in [0.2, 0.25) is 0 Å². The lowest BCUT2D eigenvalue weighted by molar-refractivity contribution is -0.125. The van der Waals surface area contributed by atoms with Gasteiger partial charge in [-0.15, -0.1) is 0 Å². The zero-order valence-electron chi connectivity index (χ0n) is 12.3. The van der Waals surface area contributed by atoms with E-state index in [9.17, 15) is 14.4 Å². The molecule has 0 saturated carbocycles. The molecule has 4 heterocycles. The van der Waals surface area contributed by atoms with E-state index < -0.39 is 11.6 Å². The van der Waals surface area contributed by atoms with E-state index in [1.807, 2.05) is 18.2 Å². The van der Waals surface area contributed by atoms with Crippen LogP contribution in [0.15, 0.2) is 30.6 Å². The van der Waals surface area contributed by atoms with Crippen molar-refractivity contribution >= 4 is 23.4 Å². The third-order valence-corrected chi connectivity index (χ3v) is 4.58. The number of hydrogen-bond acceptors (Lipinski definition) is 4. The fourth-order valence-corrected chi connectivity index (χ4v) is 3.24. The predicted octanol–water partition coefficient (Wildman–Crippen LogP) is 0.148. The molecule has 8 heteroatoms. The van der Waals surface area contributed by atoms with Gasteiger partial charge in [-0.05, 0) is 25.0 Å². The molecule has 118 valence electrons. The molecule has 2 N–H and O–H groups in total. The number of nitrogens with zero attached hydrogens (tertiary/aromatic N) is 3. The molecule has 0 atom stereocenters. The molecule has 4 amide bonds. The number of piperidine rings is 1. The summed E-state index contributed by atoms with van der Waals surface area (Å²) in [6, 6.07) is 5.09. The summed E-state index contributed by atoms with van der Waals surface area (Å²) in [5.41, 5.74) is 0.431. The van der Waals surface area contributed by atoms with Gasteiger partial charge in [0.05, 0.1) is 17.3 Å². The molecule has 2 fully saturated rings. The molecule has 23 heavy (non-hydrogen) atoms. The van der Waals surface area contributed by atoms with Gasteiger partial charge in [-0.3, -0.25) is 14.9 Å². The maximum Gasteiger partial charge on any atom is 0.322 e. The Morgan fingerprint density at radius 2 is 2.00 bits per heavy atom. The fourth-order valence-electron chi connectivity index (χ4n) is 3.24. The molecule has 0 unspecified atom stereocenters. The van der Waals surface area contributed by atoms with Gasteiger partial charge in [-0.25, -0.2) is 9.31 Å². The number of rotatable bonds is 1. The molecule has 2 aromatic heterocycles. The number of carbonyl (C=O) groups excluding carboxylic acids is 3. The summed E-state index contributed by atoms with van der Waals surface area (Å²) >= 11 is 0. The van der Waals surface area contributed by atoms with Crippen molar-refractivity contribution < 1.29 is 14.4 Å². The molecule has 0 bridgehead atoms. The summed E-state index contributed by atoms with van der Waals surface area (Å²) in [5, 5.41) is 9.13. The van der Waals surface area contributed by atoms with Crippen LogP contribution in [0.3, 0.4) is 0 Å². The Balaban J connectivity index is 1.53. The first-order chi connectivity index (χ1) is 11.1. The highest BCUT2D eigenvalue weighted by atomic mass is 16.2. The van der Waals surface area contributed by atoms with Crippen LogP contribution in [0.5, 0.6) is 0 Å². The van der Waals surface area contributed by atoms with E-state index >= 15 is 0 Å². The summed E-state index contributed by atoms with van der Waals surface area (Å²) < 4.78 is 1.66. The molecule has 4 rings (SSSR count). The molecule has 0 aromatic carbocycles. The first-order valence-electron chi connectivity index (χ1n) is 7.44. The standard InChI is InChI=1S/C15H15N5O3/c21-12(10-9-16-20-6-2-1-3-11(10)20)19-7-4-15(5-8-19)13(22)17-14(23)18-15/h1-3,6,9H,4-5,7-8H2,(H2,17,18,22,23). The van der Waals surface area contributed by atoms with Crippen LogP contribution in [-0.4, -0.2) is 51.0 Å². The zero-order chi connectivity index (χ0) is 16.0. The third-order valence-electron chi connectivity index (χ3n) is 4.58. The number of carbonyl (C=O) groups is 3. The number of pyridine rings is 1. The van der Waals surface area contributed by atoms with Crippen LogP contribution >= 0.6 is 0 Å². The summed E-state index contributed by atoms with van der Waals surface area (Å²) in [6.45, 7) is 0.827. The highest BCUT2D eigenvalue weighted by molar-refractivity contribution is 6.07. The SMILES string of the molecule is O=C1NC(=O)C2(CCN(C(=O)c3cnn4ccccc34)CC2)N1. The Hall–Kier alpha value is -2.90. The second-order valence-corrected chi connectivity index (χ2v) is 5.87. The van der Waals surface area contributed by atoms with Crippen molar-refractivity contribution in [1.82, 2.24) is 25.1 Å². The van der Waals surface area contributed by atoms with Gasteiger partial charge in [0.25, 0.3) is 11.8 Å². The van der Waals surface area contributed by atoms with Crippen molar-refractivity contribution in [3.63, 3.8) is 0 Å². The van der Waals surface area contributed by atoms with Crippen LogP contribution < -0.4 is 10.6 Å². The molecule has 2 aliphatic rings. The van der Waals surface area contributed by atoms with E-state index in [0.29, 0.717) is 31.5 Å². The van der Waals surface area contributed by atoms with Crippen LogP contribution in [-0.2, 0) is 4.79 Å². The number of fused-ring (bicyclic) bond motifs is 1. The van der Waals surface area contributed by atoms with Crippen molar-refractivity contribution in [2.75, 3.05) is 13.1 Å². The molecule has 0 radical (unpaired) electrons. The van der Waals surface area contributed by atoms with Crippen molar-refractivity contribution in [3.05, 3.63) is 36.2 Å². The van der Waals surface area contributed by atoms with Gasteiger partial charge in [-0.1, -0.05) is 6.07 Å². The summed E-state index contributed by atoms with van der Waals surface area (Å²) in [6.07, 6.45) is 4.17. The number of urea groups is 1. The Bertz CT molecular complexity index is 819. The first-order valence-corrected chi connectivity index (χ1v) is 7.44. The Morgan fingerprint density at radius 1 is 1.22 bits per heavy atom. The van der Waals surface area contributed by atoms with Crippen LogP contribution in [0.4, 0.5) is 4.79 Å². The fraction of sp³-hybridized carbons (Fsp3) is 0.333. The molecule has 0 aliphatic carbocycles. The average Bonchev–Trinajstić information content (AvgIpc) is 3.09. The summed E-state index contributed by atoms with van der Waals surface area (Å²) in [5.74, 6) is -0.406. The van der Waals surface area contributed by atoms with E-state index in [0.717, 1.165) is 5.52 Å². The van der Waals surface area contributed by atoms with E-state index in [1.54, 1.807) is 21.8 Å². The number of hydrogen-bond donors (Lipinski definition) is 2. The van der Waals surface area contributed by atoms with E-state index in [2.05, 4.69) is 15.7 Å². The molecule has 8 nitrogen and oxygen atoms in total. The number of likely N-dealkylation sites (tertiary alicyclic amines) is 1. The minimum Gasteiger partial charge on any atom is -0.338 e. The number of aromatic nitrogens is 2. The lowest BCUT2D eigenvalue weighted by Gasteiger charge is -2.36. The molecule has 1 spiro atoms. The maximum absolute atomic E-state index is 12.7. The largest absolute Gasteiger partial charge is 0.338 e. The third kappa shape index (κ3) is 2.06. The predicted molar refractivity (Wildman–Crippen MR) is 79.7 cm³/mol. The lowest BCUT2D eigenvalue weighted by Crippen LogP contribution is -2.55. The lowest BCUT2D eigenvalue weighted by atomic mass is 9.87. The van der Waals surface area contributed by atoms with Crippen LogP contribution in [0, 0.1) is 0 Å². The molecule has 2 aromatic rings. The minimum absolute atomic E-state index is 0.106. The van der Waals surface area contributed by atoms with Crippen molar-refractivity contribution in [2.45, 2.75) is 18.4 Å². The molecular formula is C15H15N5O3. The van der Waals surface area contributed by atoms with Gasteiger partial charge >= 0.3 is 6.03 Å². The maximum atomic E-state index is 12.7. The van der Waals surface area contributed by atoms with Gasteiger partial charge in [0, 0.05) is 19.3 Å². The summed E-state index contributed by atoms with van der Waals surface area (Å²) in [4.78, 5) is 37.7. The zero-order valence-corrected chi connectivity index (χ0v) is 12.3. The van der Waals surface area contributed by atoms with Crippen molar-refractivity contribution in [2.24, 2.45) is 0 Å². The van der Waals surface area contributed by atoms with Crippen LogP contribution in [0.1, 0.15) is 23.2 Å². The number of nitrogens with one attached hydrogen (secondary N) is 2. The smallest absolute Gasteiger partial charge is 0.322 e. The van der Waals surface area contributed by atoms with Crippen molar-refractivity contribution in [1.29, 1.82) is 0 Å². The van der Waals surface area contributed by atoms with Crippen LogP contribution in [0.2, 0.25) is 0 Å². The van der Waals surface area contributed by atoms with Crippen molar-refractivity contribution in [3.8, 4) is 0 Å². The van der Waals surface area contributed by atoms with Gasteiger partial charge in [0.1, 0.15) is 5.54 Å². The van der Waals surface area contributed by atoms with Gasteiger partial charge in [-0.2, -0.15) is 5.10 Å². The van der Waals surface area contributed by atoms with E-state index in [4.69, 9.17) is 0 Å². The minimum atomic E-state index is -0.866. The highest BCUT2D eigenvalue weighted by Crippen LogP contribution is 2.26. The van der Waals surface area contributed by atoms with Crippen LogP contribution in [0.25, 0.3) is 5.52 Å².